The largest absolute Gasteiger partial charge is 0.445 e. The van der Waals surface area contributed by atoms with Crippen molar-refractivity contribution in [1.29, 1.82) is 0 Å². The molecule has 0 aliphatic carbocycles. The van der Waals surface area contributed by atoms with E-state index in [0.29, 0.717) is 25.9 Å². The summed E-state index contributed by atoms with van der Waals surface area (Å²) in [5, 5.41) is 1.33. The molecule has 2 rings (SSSR count). The second kappa shape index (κ2) is 7.21. The maximum absolute atomic E-state index is 12.3. The van der Waals surface area contributed by atoms with Crippen LogP contribution < -0.4 is 0 Å². The van der Waals surface area contributed by atoms with Crippen LogP contribution in [0.3, 0.4) is 0 Å². The average Bonchev–Trinajstić information content (AvgIpc) is 2.94. The molecule has 0 bridgehead atoms. The van der Waals surface area contributed by atoms with Gasteiger partial charge in [-0.15, -0.1) is 0 Å². The highest BCUT2D eigenvalue weighted by Crippen LogP contribution is 2.29. The fraction of sp³-hybridized carbons (Fsp3) is 0.556. The highest BCUT2D eigenvalue weighted by Gasteiger charge is 2.43. The Labute approximate surface area is 143 Å². The average molecular weight is 334 g/mol. The number of nitrogens with zero attached hydrogens (tertiary/aromatic N) is 2. The van der Waals surface area contributed by atoms with E-state index in [2.05, 4.69) is 0 Å². The number of benzene rings is 1. The number of likely N-dealkylation sites (tertiary alicyclic amines) is 1. The lowest BCUT2D eigenvalue weighted by Gasteiger charge is -2.38. The number of hydrogen-bond donors (Lipinski definition) is 0. The molecule has 1 aromatic rings. The Balaban J connectivity index is 1.93. The van der Waals surface area contributed by atoms with E-state index >= 15 is 0 Å². The van der Waals surface area contributed by atoms with Crippen molar-refractivity contribution in [2.24, 2.45) is 0 Å². The summed E-state index contributed by atoms with van der Waals surface area (Å²) in [6, 6.07) is 9.55. The van der Waals surface area contributed by atoms with Gasteiger partial charge in [0.25, 0.3) is 0 Å². The van der Waals surface area contributed by atoms with Crippen molar-refractivity contribution in [3.8, 4) is 0 Å². The fourth-order valence-corrected chi connectivity index (χ4v) is 2.65. The topological polar surface area (TPSA) is 59.1 Å². The summed E-state index contributed by atoms with van der Waals surface area (Å²) >= 11 is 0. The van der Waals surface area contributed by atoms with E-state index in [0.717, 1.165) is 5.56 Å². The number of amides is 2. The van der Waals surface area contributed by atoms with Gasteiger partial charge < -0.3 is 9.64 Å². The molecule has 1 saturated heterocycles. The molecule has 1 fully saturated rings. The molecular weight excluding hydrogens is 308 g/mol. The van der Waals surface area contributed by atoms with Crippen molar-refractivity contribution in [3.63, 3.8) is 0 Å². The number of ether oxygens (including phenoxy) is 1. The molecule has 0 radical (unpaired) electrons. The zero-order valence-electron chi connectivity index (χ0n) is 14.8. The lowest BCUT2D eigenvalue weighted by atomic mass is 10.0. The van der Waals surface area contributed by atoms with Gasteiger partial charge in [-0.25, -0.2) is 9.86 Å². The third kappa shape index (κ3) is 4.71. The molecule has 0 N–H and O–H groups in total. The summed E-state index contributed by atoms with van der Waals surface area (Å²) in [6.07, 6.45) is 0.955. The molecule has 1 atom stereocenters. The van der Waals surface area contributed by atoms with Gasteiger partial charge in [0.05, 0.1) is 11.1 Å². The zero-order valence-corrected chi connectivity index (χ0v) is 14.8. The van der Waals surface area contributed by atoms with Crippen LogP contribution in [0.15, 0.2) is 30.3 Å². The van der Waals surface area contributed by atoms with Gasteiger partial charge in [-0.1, -0.05) is 30.3 Å². The molecule has 0 aromatic heterocycles. The molecule has 1 aliphatic heterocycles. The monoisotopic (exact) mass is 334 g/mol. The molecule has 1 aromatic carbocycles. The third-order valence-electron chi connectivity index (χ3n) is 3.92. The first kappa shape index (κ1) is 18.3. The Morgan fingerprint density at radius 1 is 1.33 bits per heavy atom. The number of carbonyl (C=O) groups is 2. The van der Waals surface area contributed by atoms with E-state index in [1.54, 1.807) is 4.90 Å². The van der Waals surface area contributed by atoms with E-state index in [1.165, 1.54) is 5.06 Å². The van der Waals surface area contributed by atoms with Crippen molar-refractivity contribution in [1.82, 2.24) is 9.96 Å². The minimum Gasteiger partial charge on any atom is -0.445 e. The molecular formula is C18H26N2O4. The Kier molecular flexibility index (Phi) is 5.49. The van der Waals surface area contributed by atoms with Gasteiger partial charge in [0.15, 0.2) is 0 Å². The van der Waals surface area contributed by atoms with Crippen LogP contribution >= 0.6 is 0 Å². The molecule has 1 aliphatic rings. The van der Waals surface area contributed by atoms with Crippen LogP contribution in [0.5, 0.6) is 0 Å². The molecule has 24 heavy (non-hydrogen) atoms. The van der Waals surface area contributed by atoms with Crippen molar-refractivity contribution in [2.75, 3.05) is 13.1 Å². The van der Waals surface area contributed by atoms with Crippen LogP contribution in [-0.4, -0.2) is 46.7 Å². The summed E-state index contributed by atoms with van der Waals surface area (Å²) in [7, 11) is 0. The zero-order chi connectivity index (χ0) is 17.8. The van der Waals surface area contributed by atoms with E-state index in [-0.39, 0.29) is 12.7 Å². The summed E-state index contributed by atoms with van der Waals surface area (Å²) in [5.41, 5.74) is -0.0928. The van der Waals surface area contributed by atoms with E-state index in [1.807, 2.05) is 58.0 Å². The standard InChI is InChI=1S/C18H26N2O4/c1-17(2,3)24-20(14-21)18(4)10-11-19(13-18)16(22)23-12-15-8-6-5-7-9-15/h5-9,14H,10-13H2,1-4H3. The Bertz CT molecular complexity index is 570. The van der Waals surface area contributed by atoms with Gasteiger partial charge in [-0.2, -0.15) is 0 Å². The highest BCUT2D eigenvalue weighted by molar-refractivity contribution is 5.68. The van der Waals surface area contributed by atoms with Gasteiger partial charge in [0, 0.05) is 13.1 Å². The summed E-state index contributed by atoms with van der Waals surface area (Å²) in [5.74, 6) is 0. The van der Waals surface area contributed by atoms with Gasteiger partial charge in [-0.3, -0.25) is 9.63 Å². The van der Waals surface area contributed by atoms with E-state index in [4.69, 9.17) is 9.57 Å². The number of rotatable bonds is 5. The SMILES string of the molecule is CC(C)(C)ON(C=O)C1(C)CCN(C(=O)OCc2ccccc2)C1. The van der Waals surface area contributed by atoms with Crippen LogP contribution in [0.4, 0.5) is 4.79 Å². The predicted molar refractivity (Wildman–Crippen MR) is 90.0 cm³/mol. The Morgan fingerprint density at radius 2 is 2.00 bits per heavy atom. The maximum atomic E-state index is 12.3. The van der Waals surface area contributed by atoms with Gasteiger partial charge in [0.1, 0.15) is 6.61 Å². The van der Waals surface area contributed by atoms with Crippen LogP contribution in [-0.2, 0) is 21.0 Å². The minimum absolute atomic E-state index is 0.239. The smallest absolute Gasteiger partial charge is 0.410 e. The predicted octanol–water partition coefficient (Wildman–Crippen LogP) is 2.98. The van der Waals surface area contributed by atoms with Gasteiger partial charge in [0.2, 0.25) is 6.41 Å². The lowest BCUT2D eigenvalue weighted by Crippen LogP contribution is -2.51. The van der Waals surface area contributed by atoms with Crippen molar-refractivity contribution in [2.45, 2.75) is 51.9 Å². The molecule has 2 amide bonds. The quantitative estimate of drug-likeness (QED) is 0.613. The first-order chi connectivity index (χ1) is 11.2. The number of carbonyl (C=O) groups excluding carboxylic acids is 2. The van der Waals surface area contributed by atoms with Crippen molar-refractivity contribution in [3.05, 3.63) is 35.9 Å². The normalized spacial score (nSPS) is 20.8. The van der Waals surface area contributed by atoms with Crippen molar-refractivity contribution < 1.29 is 19.2 Å². The van der Waals surface area contributed by atoms with E-state index in [9.17, 15) is 9.59 Å². The summed E-state index contributed by atoms with van der Waals surface area (Å²) < 4.78 is 5.36. The van der Waals surface area contributed by atoms with Gasteiger partial charge in [-0.05, 0) is 39.7 Å². The Hall–Kier alpha value is -2.08. The van der Waals surface area contributed by atoms with Crippen molar-refractivity contribution >= 4 is 12.5 Å². The first-order valence-electron chi connectivity index (χ1n) is 8.13. The molecule has 0 spiro atoms. The maximum Gasteiger partial charge on any atom is 0.410 e. The molecule has 6 heteroatoms. The number of hydroxylamine groups is 2. The summed E-state index contributed by atoms with van der Waals surface area (Å²) in [6.45, 7) is 8.72. The summed E-state index contributed by atoms with van der Waals surface area (Å²) in [4.78, 5) is 31.0. The minimum atomic E-state index is -0.555. The van der Waals surface area contributed by atoms with Crippen LogP contribution in [0.25, 0.3) is 0 Å². The second-order valence-electron chi connectivity index (χ2n) is 7.34. The van der Waals surface area contributed by atoms with Crippen LogP contribution in [0.2, 0.25) is 0 Å². The first-order valence-corrected chi connectivity index (χ1v) is 8.13. The molecule has 1 heterocycles. The molecule has 6 nitrogen and oxygen atoms in total. The number of hydrogen-bond acceptors (Lipinski definition) is 4. The second-order valence-corrected chi connectivity index (χ2v) is 7.34. The molecule has 132 valence electrons. The van der Waals surface area contributed by atoms with Crippen LogP contribution in [0.1, 0.15) is 39.7 Å². The third-order valence-corrected chi connectivity index (χ3v) is 3.92. The Morgan fingerprint density at radius 3 is 2.58 bits per heavy atom. The highest BCUT2D eigenvalue weighted by atomic mass is 16.7. The fourth-order valence-electron chi connectivity index (χ4n) is 2.65. The lowest BCUT2D eigenvalue weighted by molar-refractivity contribution is -0.250. The van der Waals surface area contributed by atoms with Gasteiger partial charge >= 0.3 is 6.09 Å². The van der Waals surface area contributed by atoms with Crippen LogP contribution in [0, 0.1) is 0 Å². The molecule has 0 saturated carbocycles. The van der Waals surface area contributed by atoms with E-state index < -0.39 is 11.1 Å². The molecule has 1 unspecified atom stereocenters.